The third kappa shape index (κ3) is 1.16. The molecule has 0 amide bonds. The molecule has 0 unspecified atom stereocenters. The average molecular weight is 125 g/mol. The largest absolute Gasteiger partial charge is 0.478 e. The van der Waals surface area contributed by atoms with E-state index in [1.807, 2.05) is 0 Å². The van der Waals surface area contributed by atoms with Crippen LogP contribution in [-0.4, -0.2) is 18.8 Å². The molecule has 0 aliphatic carbocycles. The van der Waals surface area contributed by atoms with Gasteiger partial charge in [-0.1, -0.05) is 6.08 Å². The van der Waals surface area contributed by atoms with E-state index in [9.17, 15) is 4.79 Å². The highest BCUT2D eigenvalue weighted by atomic mass is 16.5. The number of rotatable bonds is 0. The van der Waals surface area contributed by atoms with Crippen LogP contribution in [0, 0.1) is 0 Å². The Bertz CT molecular complexity index is 181. The second kappa shape index (κ2) is 2.44. The van der Waals surface area contributed by atoms with Gasteiger partial charge >= 0.3 is 0 Å². The Morgan fingerprint density at radius 3 is 3.00 bits per heavy atom. The number of methoxy groups -OCH3 is 1. The minimum atomic E-state index is -0.0556. The first-order valence-corrected chi connectivity index (χ1v) is 2.64. The molecule has 0 spiro atoms. The Kier molecular flexibility index (Phi) is 1.63. The maximum Gasteiger partial charge on any atom is 0.257 e. The van der Waals surface area contributed by atoms with Gasteiger partial charge in [0, 0.05) is 12.6 Å². The maximum absolute atomic E-state index is 10.7. The van der Waals surface area contributed by atoms with Crippen LogP contribution in [0.4, 0.5) is 0 Å². The van der Waals surface area contributed by atoms with Crippen molar-refractivity contribution < 1.29 is 9.53 Å². The molecule has 3 heteroatoms. The smallest absolute Gasteiger partial charge is 0.257 e. The molecule has 0 saturated carbocycles. The van der Waals surface area contributed by atoms with Gasteiger partial charge in [0.2, 0.25) is 5.78 Å². The standard InChI is InChI=1S/C6H7NO2/c1-9-6-5(8)3-2-4-7-6/h2,4H,3H2,1H3. The summed E-state index contributed by atoms with van der Waals surface area (Å²) in [4.78, 5) is 14.4. The fourth-order valence-corrected chi connectivity index (χ4v) is 0.606. The molecule has 0 atom stereocenters. The Labute approximate surface area is 53.0 Å². The van der Waals surface area contributed by atoms with Crippen molar-refractivity contribution in [1.82, 2.24) is 0 Å². The van der Waals surface area contributed by atoms with Gasteiger partial charge in [-0.05, 0) is 0 Å². The van der Waals surface area contributed by atoms with E-state index in [0.717, 1.165) is 0 Å². The van der Waals surface area contributed by atoms with Gasteiger partial charge < -0.3 is 4.74 Å². The molecule has 0 aromatic carbocycles. The van der Waals surface area contributed by atoms with E-state index in [0.29, 0.717) is 6.42 Å². The van der Waals surface area contributed by atoms with Crippen LogP contribution in [-0.2, 0) is 9.53 Å². The minimum Gasteiger partial charge on any atom is -0.478 e. The fraction of sp³-hybridized carbons (Fsp3) is 0.333. The van der Waals surface area contributed by atoms with Crippen molar-refractivity contribution in [3.8, 4) is 0 Å². The molecule has 0 N–H and O–H groups in total. The highest BCUT2D eigenvalue weighted by Crippen LogP contribution is 1.98. The Morgan fingerprint density at radius 1 is 1.78 bits per heavy atom. The zero-order chi connectivity index (χ0) is 6.69. The Balaban J connectivity index is 2.74. The van der Waals surface area contributed by atoms with Gasteiger partial charge in [0.15, 0.2) is 0 Å². The molecule has 0 saturated heterocycles. The van der Waals surface area contributed by atoms with Crippen molar-refractivity contribution in [2.45, 2.75) is 6.42 Å². The van der Waals surface area contributed by atoms with E-state index in [1.54, 1.807) is 12.3 Å². The number of nitrogens with zero attached hydrogens (tertiary/aromatic N) is 1. The van der Waals surface area contributed by atoms with Gasteiger partial charge in [0.05, 0.1) is 7.11 Å². The lowest BCUT2D eigenvalue weighted by Crippen LogP contribution is -2.16. The molecule has 1 aliphatic heterocycles. The molecule has 0 fully saturated rings. The van der Waals surface area contributed by atoms with Gasteiger partial charge in [-0.25, -0.2) is 4.99 Å². The average Bonchev–Trinajstić information content (AvgIpc) is 1.89. The van der Waals surface area contributed by atoms with Crippen molar-refractivity contribution in [2.24, 2.45) is 4.99 Å². The first-order valence-electron chi connectivity index (χ1n) is 2.64. The number of ether oxygens (including phenoxy) is 1. The van der Waals surface area contributed by atoms with Crippen LogP contribution in [0.1, 0.15) is 6.42 Å². The number of ketones is 1. The lowest BCUT2D eigenvalue weighted by molar-refractivity contribution is -0.113. The number of carbonyl (C=O) groups excluding carboxylic acids is 1. The number of hydrogen-bond donors (Lipinski definition) is 0. The number of allylic oxidation sites excluding steroid dienone is 1. The summed E-state index contributed by atoms with van der Waals surface area (Å²) in [5.41, 5.74) is 0. The number of Topliss-reactive ketones (excluding diaryl/α,β-unsaturated/α-hetero) is 1. The number of aliphatic imine (C=N–C) groups is 1. The predicted octanol–water partition coefficient (Wildman–Crippen LogP) is 0.518. The van der Waals surface area contributed by atoms with E-state index < -0.39 is 0 Å². The summed E-state index contributed by atoms with van der Waals surface area (Å²) >= 11 is 0. The minimum absolute atomic E-state index is 0.0556. The van der Waals surface area contributed by atoms with Crippen molar-refractivity contribution in [3.05, 3.63) is 12.3 Å². The van der Waals surface area contributed by atoms with Gasteiger partial charge in [-0.2, -0.15) is 0 Å². The van der Waals surface area contributed by atoms with Crippen LogP contribution in [0.15, 0.2) is 17.3 Å². The van der Waals surface area contributed by atoms with Crippen molar-refractivity contribution in [2.75, 3.05) is 7.11 Å². The van der Waals surface area contributed by atoms with Crippen LogP contribution >= 0.6 is 0 Å². The normalized spacial score (nSPS) is 17.4. The zero-order valence-corrected chi connectivity index (χ0v) is 5.13. The Morgan fingerprint density at radius 2 is 2.56 bits per heavy atom. The monoisotopic (exact) mass is 125 g/mol. The van der Waals surface area contributed by atoms with Crippen LogP contribution in [0.3, 0.4) is 0 Å². The first kappa shape index (κ1) is 6.01. The summed E-state index contributed by atoms with van der Waals surface area (Å²) in [6.45, 7) is 0. The van der Waals surface area contributed by atoms with Crippen molar-refractivity contribution in [1.29, 1.82) is 0 Å². The van der Waals surface area contributed by atoms with Crippen LogP contribution in [0.5, 0.6) is 0 Å². The quantitative estimate of drug-likeness (QED) is 0.473. The SMILES string of the molecule is COC1=NC=CCC1=O. The van der Waals surface area contributed by atoms with Gasteiger partial charge in [-0.15, -0.1) is 0 Å². The second-order valence-electron chi connectivity index (χ2n) is 1.65. The van der Waals surface area contributed by atoms with E-state index in [1.165, 1.54) is 7.11 Å². The van der Waals surface area contributed by atoms with Crippen LogP contribution in [0.2, 0.25) is 0 Å². The third-order valence-corrected chi connectivity index (χ3v) is 1.03. The molecular formula is C6H7NO2. The molecule has 0 aromatic rings. The lowest BCUT2D eigenvalue weighted by atomic mass is 10.2. The highest BCUT2D eigenvalue weighted by Gasteiger charge is 2.10. The van der Waals surface area contributed by atoms with E-state index in [4.69, 9.17) is 0 Å². The molecule has 0 bridgehead atoms. The van der Waals surface area contributed by atoms with Gasteiger partial charge in [0.25, 0.3) is 5.90 Å². The number of carbonyl (C=O) groups is 1. The summed E-state index contributed by atoms with van der Waals surface area (Å²) < 4.78 is 4.65. The van der Waals surface area contributed by atoms with E-state index in [-0.39, 0.29) is 11.7 Å². The fourth-order valence-electron chi connectivity index (χ4n) is 0.606. The summed E-state index contributed by atoms with van der Waals surface area (Å²) in [6.07, 6.45) is 3.68. The summed E-state index contributed by atoms with van der Waals surface area (Å²) in [5, 5.41) is 0. The van der Waals surface area contributed by atoms with Gasteiger partial charge in [0.1, 0.15) is 0 Å². The second-order valence-corrected chi connectivity index (χ2v) is 1.65. The van der Waals surface area contributed by atoms with Crippen LogP contribution in [0.25, 0.3) is 0 Å². The molecule has 3 nitrogen and oxygen atoms in total. The molecule has 0 radical (unpaired) electrons. The predicted molar refractivity (Wildman–Crippen MR) is 33.2 cm³/mol. The first-order chi connectivity index (χ1) is 4.34. The van der Waals surface area contributed by atoms with Gasteiger partial charge in [-0.3, -0.25) is 4.79 Å². The summed E-state index contributed by atoms with van der Waals surface area (Å²) in [7, 11) is 1.44. The molecule has 9 heavy (non-hydrogen) atoms. The zero-order valence-electron chi connectivity index (χ0n) is 5.13. The topological polar surface area (TPSA) is 38.7 Å². The van der Waals surface area contributed by atoms with E-state index >= 15 is 0 Å². The molecule has 48 valence electrons. The third-order valence-electron chi connectivity index (χ3n) is 1.03. The van der Waals surface area contributed by atoms with Crippen molar-refractivity contribution >= 4 is 11.7 Å². The van der Waals surface area contributed by atoms with E-state index in [2.05, 4.69) is 9.73 Å². The summed E-state index contributed by atoms with van der Waals surface area (Å²) in [5.74, 6) is 0.150. The number of hydrogen-bond acceptors (Lipinski definition) is 3. The maximum atomic E-state index is 10.7. The lowest BCUT2D eigenvalue weighted by Gasteiger charge is -2.02. The van der Waals surface area contributed by atoms with Crippen LogP contribution < -0.4 is 0 Å². The highest BCUT2D eigenvalue weighted by molar-refractivity contribution is 6.37. The molecule has 1 aliphatic rings. The van der Waals surface area contributed by atoms with Crippen molar-refractivity contribution in [3.63, 3.8) is 0 Å². The Hall–Kier alpha value is -1.12. The molecule has 0 aromatic heterocycles. The molecular weight excluding hydrogens is 118 g/mol. The summed E-state index contributed by atoms with van der Waals surface area (Å²) in [6, 6.07) is 0. The molecule has 1 rings (SSSR count). The molecule has 1 heterocycles.